The third-order valence-corrected chi connectivity index (χ3v) is 4.30. The SMILES string of the molecule is O=C(NCCN1C(=O)S/C(=C/c2cccnc2)C1=O)c1ccc(=O)[nH]n1. The van der Waals surface area contributed by atoms with Crippen molar-refractivity contribution in [3.8, 4) is 0 Å². The zero-order valence-electron chi connectivity index (χ0n) is 13.3. The molecule has 3 amide bonds. The summed E-state index contributed by atoms with van der Waals surface area (Å²) >= 11 is 0.839. The van der Waals surface area contributed by atoms with Gasteiger partial charge in [-0.15, -0.1) is 0 Å². The van der Waals surface area contributed by atoms with Gasteiger partial charge >= 0.3 is 0 Å². The number of nitrogens with zero attached hydrogens (tertiary/aromatic N) is 3. The number of hydrogen-bond acceptors (Lipinski definition) is 7. The summed E-state index contributed by atoms with van der Waals surface area (Å²) in [6, 6.07) is 5.97. The molecule has 0 saturated carbocycles. The highest BCUT2D eigenvalue weighted by Crippen LogP contribution is 2.31. The van der Waals surface area contributed by atoms with Gasteiger partial charge in [-0.3, -0.25) is 29.1 Å². The summed E-state index contributed by atoms with van der Waals surface area (Å²) < 4.78 is 0. The van der Waals surface area contributed by atoms with E-state index in [1.807, 2.05) is 0 Å². The van der Waals surface area contributed by atoms with Gasteiger partial charge in [0, 0.05) is 31.5 Å². The van der Waals surface area contributed by atoms with Gasteiger partial charge in [0.25, 0.3) is 22.6 Å². The molecular formula is C16H13N5O4S. The lowest BCUT2D eigenvalue weighted by Gasteiger charge is -2.12. The lowest BCUT2D eigenvalue weighted by molar-refractivity contribution is -0.122. The second-order valence-electron chi connectivity index (χ2n) is 5.18. The maximum Gasteiger partial charge on any atom is 0.293 e. The standard InChI is InChI=1S/C16H13N5O4S/c22-13-4-3-11(19-20-13)14(23)18-6-7-21-15(24)12(26-16(21)25)8-10-2-1-5-17-9-10/h1-5,8-9H,6-7H2,(H,18,23)(H,20,22)/b12-8+. The van der Waals surface area contributed by atoms with Gasteiger partial charge in [-0.25, -0.2) is 5.10 Å². The molecule has 2 N–H and O–H groups in total. The van der Waals surface area contributed by atoms with Gasteiger partial charge < -0.3 is 5.32 Å². The van der Waals surface area contributed by atoms with E-state index in [9.17, 15) is 19.2 Å². The van der Waals surface area contributed by atoms with Crippen LogP contribution >= 0.6 is 11.8 Å². The molecule has 10 heteroatoms. The highest BCUT2D eigenvalue weighted by molar-refractivity contribution is 8.18. The van der Waals surface area contributed by atoms with Gasteiger partial charge in [-0.1, -0.05) is 6.07 Å². The molecule has 0 bridgehead atoms. The second kappa shape index (κ2) is 7.74. The van der Waals surface area contributed by atoms with Crippen LogP contribution in [0.5, 0.6) is 0 Å². The fourth-order valence-corrected chi connectivity index (χ4v) is 3.01. The van der Waals surface area contributed by atoms with Crippen molar-refractivity contribution >= 4 is 34.9 Å². The summed E-state index contributed by atoms with van der Waals surface area (Å²) in [4.78, 5) is 52.5. The molecule has 0 unspecified atom stereocenters. The fourth-order valence-electron chi connectivity index (χ4n) is 2.15. The van der Waals surface area contributed by atoms with Crippen LogP contribution in [0.4, 0.5) is 4.79 Å². The Bertz CT molecular complexity index is 921. The Kier molecular flexibility index (Phi) is 5.23. The molecule has 1 aliphatic heterocycles. The van der Waals surface area contributed by atoms with E-state index in [0.717, 1.165) is 22.2 Å². The Morgan fingerprint density at radius 1 is 1.27 bits per heavy atom. The number of aromatic nitrogens is 3. The molecule has 9 nitrogen and oxygen atoms in total. The van der Waals surface area contributed by atoms with E-state index in [4.69, 9.17) is 0 Å². The quantitative estimate of drug-likeness (QED) is 0.739. The molecule has 132 valence electrons. The number of pyridine rings is 1. The Hall–Kier alpha value is -3.27. The predicted octanol–water partition coefficient (Wildman–Crippen LogP) is 0.631. The second-order valence-corrected chi connectivity index (χ2v) is 6.18. The monoisotopic (exact) mass is 371 g/mol. The van der Waals surface area contributed by atoms with E-state index in [1.54, 1.807) is 30.6 Å². The Balaban J connectivity index is 1.58. The lowest BCUT2D eigenvalue weighted by Crippen LogP contribution is -2.37. The molecule has 3 heterocycles. The van der Waals surface area contributed by atoms with Crippen LogP contribution in [0, 0.1) is 0 Å². The first kappa shape index (κ1) is 17.5. The molecule has 0 radical (unpaired) electrons. The van der Waals surface area contributed by atoms with Crippen LogP contribution in [-0.4, -0.2) is 50.2 Å². The molecule has 0 atom stereocenters. The third-order valence-electron chi connectivity index (χ3n) is 3.39. The van der Waals surface area contributed by atoms with Gasteiger partial charge in [0.2, 0.25) is 0 Å². The molecule has 2 aromatic rings. The van der Waals surface area contributed by atoms with Crippen molar-refractivity contribution in [2.75, 3.05) is 13.1 Å². The van der Waals surface area contributed by atoms with Gasteiger partial charge in [0.05, 0.1) is 4.91 Å². The summed E-state index contributed by atoms with van der Waals surface area (Å²) in [5, 5.41) is 7.90. The van der Waals surface area contributed by atoms with E-state index in [1.165, 1.54) is 12.1 Å². The maximum atomic E-state index is 12.3. The summed E-state index contributed by atoms with van der Waals surface area (Å²) in [5.74, 6) is -0.931. The molecule has 0 spiro atoms. The number of aromatic amines is 1. The first-order valence-corrected chi connectivity index (χ1v) is 8.35. The summed E-state index contributed by atoms with van der Waals surface area (Å²) in [5.41, 5.74) is 0.338. The van der Waals surface area contributed by atoms with E-state index < -0.39 is 22.6 Å². The van der Waals surface area contributed by atoms with Crippen molar-refractivity contribution in [2.24, 2.45) is 0 Å². The molecule has 1 saturated heterocycles. The van der Waals surface area contributed by atoms with Crippen LogP contribution < -0.4 is 10.9 Å². The molecule has 0 aliphatic carbocycles. The number of nitrogens with one attached hydrogen (secondary N) is 2. The van der Waals surface area contributed by atoms with E-state index in [-0.39, 0.29) is 18.8 Å². The highest BCUT2D eigenvalue weighted by Gasteiger charge is 2.34. The topological polar surface area (TPSA) is 125 Å². The smallest absolute Gasteiger partial charge is 0.293 e. The summed E-state index contributed by atoms with van der Waals surface area (Å²) in [6.07, 6.45) is 4.80. The van der Waals surface area contributed by atoms with Crippen molar-refractivity contribution in [3.05, 3.63) is 63.2 Å². The average molecular weight is 371 g/mol. The van der Waals surface area contributed by atoms with Gasteiger partial charge in [0.15, 0.2) is 0 Å². The normalized spacial score (nSPS) is 15.5. The van der Waals surface area contributed by atoms with E-state index in [2.05, 4.69) is 20.5 Å². The number of imide groups is 1. The van der Waals surface area contributed by atoms with Crippen LogP contribution in [0.2, 0.25) is 0 Å². The van der Waals surface area contributed by atoms with Crippen LogP contribution in [0.15, 0.2) is 46.4 Å². The van der Waals surface area contributed by atoms with Crippen molar-refractivity contribution < 1.29 is 14.4 Å². The zero-order valence-corrected chi connectivity index (χ0v) is 14.2. The number of carbonyl (C=O) groups is 3. The molecule has 1 fully saturated rings. The number of carbonyl (C=O) groups excluding carboxylic acids is 3. The van der Waals surface area contributed by atoms with Crippen molar-refractivity contribution in [1.82, 2.24) is 25.4 Å². The number of thioether (sulfide) groups is 1. The van der Waals surface area contributed by atoms with E-state index >= 15 is 0 Å². The average Bonchev–Trinajstić information content (AvgIpc) is 2.90. The minimum absolute atomic E-state index is 0.0319. The zero-order chi connectivity index (χ0) is 18.5. The minimum Gasteiger partial charge on any atom is -0.349 e. The molecule has 26 heavy (non-hydrogen) atoms. The highest BCUT2D eigenvalue weighted by atomic mass is 32.2. The van der Waals surface area contributed by atoms with Gasteiger partial charge in [0.1, 0.15) is 5.69 Å². The first-order valence-electron chi connectivity index (χ1n) is 7.54. The molecule has 2 aromatic heterocycles. The largest absolute Gasteiger partial charge is 0.349 e. The van der Waals surface area contributed by atoms with Crippen molar-refractivity contribution in [2.45, 2.75) is 0 Å². The molecule has 0 aromatic carbocycles. The van der Waals surface area contributed by atoms with Crippen LogP contribution in [0.25, 0.3) is 6.08 Å². The van der Waals surface area contributed by atoms with Crippen LogP contribution in [0.3, 0.4) is 0 Å². The lowest BCUT2D eigenvalue weighted by atomic mass is 10.2. The minimum atomic E-state index is -0.515. The van der Waals surface area contributed by atoms with E-state index in [0.29, 0.717) is 4.91 Å². The fraction of sp³-hybridized carbons (Fsp3) is 0.125. The predicted molar refractivity (Wildman–Crippen MR) is 94.1 cm³/mol. The molecule has 1 aliphatic rings. The number of rotatable bonds is 5. The molecule has 3 rings (SSSR count). The summed E-state index contributed by atoms with van der Waals surface area (Å²) in [6.45, 7) is 0.0992. The molecular weight excluding hydrogens is 358 g/mol. The number of hydrogen-bond donors (Lipinski definition) is 2. The Morgan fingerprint density at radius 3 is 2.81 bits per heavy atom. The summed E-state index contributed by atoms with van der Waals surface area (Å²) in [7, 11) is 0. The maximum absolute atomic E-state index is 12.3. The Labute approximate surface area is 151 Å². The third kappa shape index (κ3) is 4.03. The first-order chi connectivity index (χ1) is 12.5. The van der Waals surface area contributed by atoms with Crippen molar-refractivity contribution in [3.63, 3.8) is 0 Å². The van der Waals surface area contributed by atoms with Crippen molar-refractivity contribution in [1.29, 1.82) is 0 Å². The van der Waals surface area contributed by atoms with Crippen LogP contribution in [-0.2, 0) is 4.79 Å². The number of amides is 3. The van der Waals surface area contributed by atoms with Gasteiger partial charge in [-0.05, 0) is 35.5 Å². The Morgan fingerprint density at radius 2 is 2.12 bits per heavy atom. The van der Waals surface area contributed by atoms with Crippen LogP contribution in [0.1, 0.15) is 16.1 Å². The van der Waals surface area contributed by atoms with Gasteiger partial charge in [-0.2, -0.15) is 5.10 Å². The number of H-pyrrole nitrogens is 1.